The van der Waals surface area contributed by atoms with Gasteiger partial charge in [-0.05, 0) is 24.6 Å². The van der Waals surface area contributed by atoms with Gasteiger partial charge in [0.2, 0.25) is 5.91 Å². The van der Waals surface area contributed by atoms with E-state index in [4.69, 9.17) is 11.6 Å². The normalized spacial score (nSPS) is 21.3. The number of amides is 1. The van der Waals surface area contributed by atoms with Crippen LogP contribution in [0, 0.1) is 0 Å². The molecule has 0 spiro atoms. The molecule has 1 saturated heterocycles. The molecule has 1 atom stereocenters. The molecular weight excluding hydrogens is 354 g/mol. The predicted molar refractivity (Wildman–Crippen MR) is 79.4 cm³/mol. The number of carbonyl (C=O) groups excluding carboxylic acids is 1. The Morgan fingerprint density at radius 1 is 1.47 bits per heavy atom. The minimum Gasteiger partial charge on any atom is -0.307 e. The summed E-state index contributed by atoms with van der Waals surface area (Å²) in [6.45, 7) is 0. The van der Waals surface area contributed by atoms with Gasteiger partial charge in [0.15, 0.2) is 9.84 Å². The Balaban J connectivity index is 2.35. The smallest absolute Gasteiger partial charge is 0.242 e. The first-order chi connectivity index (χ1) is 8.93. The number of halogens is 2. The number of benzene rings is 1. The van der Waals surface area contributed by atoms with Gasteiger partial charge in [0.05, 0.1) is 17.5 Å². The molecule has 4 nitrogen and oxygen atoms in total. The highest BCUT2D eigenvalue weighted by Gasteiger charge is 2.35. The van der Waals surface area contributed by atoms with E-state index in [9.17, 15) is 13.2 Å². The number of anilines is 1. The third kappa shape index (κ3) is 3.49. The fourth-order valence-electron chi connectivity index (χ4n) is 2.23. The van der Waals surface area contributed by atoms with E-state index in [-0.39, 0.29) is 29.3 Å². The Kier molecular flexibility index (Phi) is 4.53. The van der Waals surface area contributed by atoms with Crippen LogP contribution < -0.4 is 4.90 Å². The lowest BCUT2D eigenvalue weighted by Gasteiger charge is -2.27. The third-order valence-electron chi connectivity index (χ3n) is 3.04. The van der Waals surface area contributed by atoms with Gasteiger partial charge in [-0.25, -0.2) is 8.42 Å². The number of rotatable bonds is 3. The van der Waals surface area contributed by atoms with E-state index in [2.05, 4.69) is 15.9 Å². The molecule has 0 aliphatic carbocycles. The predicted octanol–water partition coefficient (Wildman–Crippen LogP) is 2.21. The Hall–Kier alpha value is -0.590. The van der Waals surface area contributed by atoms with E-state index in [0.29, 0.717) is 12.1 Å². The van der Waals surface area contributed by atoms with Crippen LogP contribution in [-0.4, -0.2) is 37.8 Å². The number of sulfone groups is 1. The maximum absolute atomic E-state index is 12.0. The van der Waals surface area contributed by atoms with Gasteiger partial charge in [-0.2, -0.15) is 0 Å². The van der Waals surface area contributed by atoms with Gasteiger partial charge in [0, 0.05) is 10.2 Å². The van der Waals surface area contributed by atoms with E-state index in [0.717, 1.165) is 4.47 Å². The zero-order valence-corrected chi connectivity index (χ0v) is 13.2. The van der Waals surface area contributed by atoms with Gasteiger partial charge in [0.25, 0.3) is 0 Å². The summed E-state index contributed by atoms with van der Waals surface area (Å²) in [5.74, 6) is -0.315. The standard InChI is InChI=1S/C12H13BrClNO3S/c13-9-2-1-3-10(6-9)15(12(16)7-14)11-4-5-19(17,18)8-11/h1-3,6,11H,4-5,7-8H2/t11-/m1/s1. The maximum Gasteiger partial charge on any atom is 0.242 e. The molecular formula is C12H13BrClNO3S. The fourth-order valence-corrected chi connectivity index (χ4v) is 4.44. The van der Waals surface area contributed by atoms with Crippen molar-refractivity contribution in [2.45, 2.75) is 12.5 Å². The Morgan fingerprint density at radius 2 is 2.21 bits per heavy atom. The van der Waals surface area contributed by atoms with Crippen LogP contribution >= 0.6 is 27.5 Å². The molecule has 1 aromatic carbocycles. The molecule has 0 N–H and O–H groups in total. The molecule has 0 saturated carbocycles. The summed E-state index contributed by atoms with van der Waals surface area (Å²) in [5, 5.41) is 0. The summed E-state index contributed by atoms with van der Waals surface area (Å²) in [6, 6.07) is 6.89. The highest BCUT2D eigenvalue weighted by molar-refractivity contribution is 9.10. The lowest BCUT2D eigenvalue weighted by molar-refractivity contribution is -0.116. The van der Waals surface area contributed by atoms with Crippen LogP contribution in [-0.2, 0) is 14.6 Å². The number of alkyl halides is 1. The first-order valence-corrected chi connectivity index (χ1v) is 8.92. The highest BCUT2D eigenvalue weighted by atomic mass is 79.9. The van der Waals surface area contributed by atoms with Crippen molar-refractivity contribution in [3.05, 3.63) is 28.7 Å². The largest absolute Gasteiger partial charge is 0.307 e. The Bertz CT molecular complexity index is 590. The molecule has 19 heavy (non-hydrogen) atoms. The molecule has 1 heterocycles. The number of carbonyl (C=O) groups is 1. The summed E-state index contributed by atoms with van der Waals surface area (Å²) in [6.07, 6.45) is 0.456. The van der Waals surface area contributed by atoms with E-state index >= 15 is 0 Å². The molecule has 1 aliphatic heterocycles. The summed E-state index contributed by atoms with van der Waals surface area (Å²) in [4.78, 5) is 13.5. The average Bonchev–Trinajstić information content (AvgIpc) is 2.69. The molecule has 1 aliphatic rings. The molecule has 0 unspecified atom stereocenters. The van der Waals surface area contributed by atoms with Crippen molar-refractivity contribution in [1.82, 2.24) is 0 Å². The first kappa shape index (κ1) is 14.8. The molecule has 104 valence electrons. The van der Waals surface area contributed by atoms with Crippen LogP contribution in [0.4, 0.5) is 5.69 Å². The average molecular weight is 367 g/mol. The fraction of sp³-hybridized carbons (Fsp3) is 0.417. The molecule has 0 aromatic heterocycles. The molecule has 1 amide bonds. The molecule has 1 fully saturated rings. The number of hydrogen-bond donors (Lipinski definition) is 0. The number of hydrogen-bond acceptors (Lipinski definition) is 3. The number of nitrogens with zero attached hydrogens (tertiary/aromatic N) is 1. The quantitative estimate of drug-likeness (QED) is 0.771. The first-order valence-electron chi connectivity index (χ1n) is 5.77. The topological polar surface area (TPSA) is 54.5 Å². The van der Waals surface area contributed by atoms with Crippen molar-refractivity contribution < 1.29 is 13.2 Å². The van der Waals surface area contributed by atoms with E-state index in [1.54, 1.807) is 18.2 Å². The summed E-state index contributed by atoms with van der Waals surface area (Å²) >= 11 is 8.98. The third-order valence-corrected chi connectivity index (χ3v) is 5.52. The van der Waals surface area contributed by atoms with Crippen LogP contribution in [0.3, 0.4) is 0 Å². The second-order valence-corrected chi connectivity index (χ2v) is 7.85. The van der Waals surface area contributed by atoms with Crippen LogP contribution in [0.15, 0.2) is 28.7 Å². The Morgan fingerprint density at radius 3 is 2.74 bits per heavy atom. The monoisotopic (exact) mass is 365 g/mol. The lowest BCUT2D eigenvalue weighted by atomic mass is 10.2. The van der Waals surface area contributed by atoms with Gasteiger partial charge in [-0.3, -0.25) is 4.79 Å². The summed E-state index contributed by atoms with van der Waals surface area (Å²) < 4.78 is 24.0. The van der Waals surface area contributed by atoms with Crippen molar-refractivity contribution in [2.75, 3.05) is 22.3 Å². The SMILES string of the molecule is O=C(CCl)N(c1cccc(Br)c1)[C@@H]1CCS(=O)(=O)C1. The van der Waals surface area contributed by atoms with E-state index in [1.165, 1.54) is 4.90 Å². The van der Waals surface area contributed by atoms with E-state index in [1.807, 2.05) is 6.07 Å². The van der Waals surface area contributed by atoms with Crippen LogP contribution in [0.2, 0.25) is 0 Å². The second kappa shape index (κ2) is 5.81. The van der Waals surface area contributed by atoms with Crippen LogP contribution in [0.1, 0.15) is 6.42 Å². The van der Waals surface area contributed by atoms with Gasteiger partial charge in [-0.15, -0.1) is 11.6 Å². The van der Waals surface area contributed by atoms with E-state index < -0.39 is 9.84 Å². The molecule has 0 bridgehead atoms. The highest BCUT2D eigenvalue weighted by Crippen LogP contribution is 2.27. The molecule has 1 aromatic rings. The van der Waals surface area contributed by atoms with Gasteiger partial charge >= 0.3 is 0 Å². The zero-order chi connectivity index (χ0) is 14.0. The minimum atomic E-state index is -3.05. The van der Waals surface area contributed by atoms with Crippen molar-refractivity contribution in [3.63, 3.8) is 0 Å². The minimum absolute atomic E-state index is 0.00213. The van der Waals surface area contributed by atoms with Crippen LogP contribution in [0.5, 0.6) is 0 Å². The lowest BCUT2D eigenvalue weighted by Crippen LogP contribution is -2.42. The molecule has 7 heteroatoms. The van der Waals surface area contributed by atoms with Gasteiger partial charge in [-0.1, -0.05) is 22.0 Å². The van der Waals surface area contributed by atoms with Gasteiger partial charge < -0.3 is 4.90 Å². The van der Waals surface area contributed by atoms with Crippen molar-refractivity contribution in [3.8, 4) is 0 Å². The summed E-state index contributed by atoms with van der Waals surface area (Å²) in [7, 11) is -3.05. The van der Waals surface area contributed by atoms with Crippen molar-refractivity contribution in [2.24, 2.45) is 0 Å². The van der Waals surface area contributed by atoms with Crippen LogP contribution in [0.25, 0.3) is 0 Å². The molecule has 0 radical (unpaired) electrons. The molecule has 2 rings (SSSR count). The maximum atomic E-state index is 12.0. The second-order valence-electron chi connectivity index (χ2n) is 4.43. The Labute approximate surface area is 125 Å². The van der Waals surface area contributed by atoms with Gasteiger partial charge in [0.1, 0.15) is 5.88 Å². The summed E-state index contributed by atoms with van der Waals surface area (Å²) in [5.41, 5.74) is 0.669. The zero-order valence-electron chi connectivity index (χ0n) is 10.1. The van der Waals surface area contributed by atoms with Crippen molar-refractivity contribution in [1.29, 1.82) is 0 Å². The van der Waals surface area contributed by atoms with Crippen molar-refractivity contribution >= 4 is 49.0 Å².